The average Bonchev–Trinajstić information content (AvgIpc) is 2.45. The number of rotatable bonds is 12. The van der Waals surface area contributed by atoms with Crippen molar-refractivity contribution in [3.8, 4) is 0 Å². The van der Waals surface area contributed by atoms with E-state index in [-0.39, 0.29) is 0 Å². The second-order valence-corrected chi connectivity index (χ2v) is 6.22. The first-order chi connectivity index (χ1) is 9.55. The molecule has 0 amide bonds. The van der Waals surface area contributed by atoms with Crippen LogP contribution in [0.3, 0.4) is 0 Å². The Kier molecular flexibility index (Phi) is 10.6. The van der Waals surface area contributed by atoms with E-state index in [2.05, 4.69) is 58.7 Å². The summed E-state index contributed by atoms with van der Waals surface area (Å²) in [4.78, 5) is 2.69. The third kappa shape index (κ3) is 5.04. The SMILES string of the molecule is CCCC(C)CC(NCC)C(CC)(CC)N(CC)CC. The predicted molar refractivity (Wildman–Crippen MR) is 92.4 cm³/mol. The molecular weight excluding hydrogens is 244 g/mol. The summed E-state index contributed by atoms with van der Waals surface area (Å²) < 4.78 is 0. The van der Waals surface area contributed by atoms with Gasteiger partial charge in [-0.1, -0.05) is 61.3 Å². The van der Waals surface area contributed by atoms with Gasteiger partial charge in [0.05, 0.1) is 0 Å². The molecule has 122 valence electrons. The van der Waals surface area contributed by atoms with Gasteiger partial charge in [-0.25, -0.2) is 0 Å². The monoisotopic (exact) mass is 284 g/mol. The number of likely N-dealkylation sites (N-methyl/N-ethyl adjacent to an activating group) is 2. The zero-order chi connectivity index (χ0) is 15.6. The fraction of sp³-hybridized carbons (Fsp3) is 1.00. The van der Waals surface area contributed by atoms with Crippen LogP contribution in [-0.4, -0.2) is 36.1 Å². The lowest BCUT2D eigenvalue weighted by atomic mass is 9.78. The van der Waals surface area contributed by atoms with Crippen molar-refractivity contribution in [3.63, 3.8) is 0 Å². The highest BCUT2D eigenvalue weighted by atomic mass is 15.2. The van der Waals surface area contributed by atoms with Gasteiger partial charge in [-0.3, -0.25) is 4.90 Å². The molecule has 2 heteroatoms. The van der Waals surface area contributed by atoms with Crippen molar-refractivity contribution in [2.75, 3.05) is 19.6 Å². The molecule has 0 aliphatic heterocycles. The van der Waals surface area contributed by atoms with Crippen LogP contribution >= 0.6 is 0 Å². The molecule has 0 fully saturated rings. The summed E-state index contributed by atoms with van der Waals surface area (Å²) in [5, 5.41) is 3.82. The van der Waals surface area contributed by atoms with Crippen LogP contribution < -0.4 is 5.32 Å². The average molecular weight is 285 g/mol. The van der Waals surface area contributed by atoms with Gasteiger partial charge < -0.3 is 5.32 Å². The van der Waals surface area contributed by atoms with Gasteiger partial charge in [0.15, 0.2) is 0 Å². The van der Waals surface area contributed by atoms with Gasteiger partial charge in [-0.05, 0) is 44.8 Å². The van der Waals surface area contributed by atoms with E-state index in [1.165, 1.54) is 32.1 Å². The maximum atomic E-state index is 3.82. The third-order valence-corrected chi connectivity index (χ3v) is 5.14. The Morgan fingerprint density at radius 1 is 0.950 bits per heavy atom. The van der Waals surface area contributed by atoms with E-state index in [0.29, 0.717) is 11.6 Å². The molecule has 20 heavy (non-hydrogen) atoms. The highest BCUT2D eigenvalue weighted by molar-refractivity contribution is 4.99. The van der Waals surface area contributed by atoms with E-state index in [1.54, 1.807) is 0 Å². The number of nitrogens with one attached hydrogen (secondary N) is 1. The van der Waals surface area contributed by atoms with Crippen LogP contribution in [0.4, 0.5) is 0 Å². The third-order valence-electron chi connectivity index (χ3n) is 5.14. The van der Waals surface area contributed by atoms with Crippen LogP contribution in [-0.2, 0) is 0 Å². The molecular formula is C18H40N2. The van der Waals surface area contributed by atoms with Gasteiger partial charge in [0.2, 0.25) is 0 Å². The quantitative estimate of drug-likeness (QED) is 0.559. The number of hydrogen-bond donors (Lipinski definition) is 1. The van der Waals surface area contributed by atoms with Crippen molar-refractivity contribution < 1.29 is 0 Å². The molecule has 0 heterocycles. The van der Waals surface area contributed by atoms with E-state index >= 15 is 0 Å². The molecule has 0 aliphatic carbocycles. The topological polar surface area (TPSA) is 15.3 Å². The van der Waals surface area contributed by atoms with Crippen LogP contribution in [0.15, 0.2) is 0 Å². The van der Waals surface area contributed by atoms with Crippen LogP contribution in [0, 0.1) is 5.92 Å². The van der Waals surface area contributed by atoms with Crippen LogP contribution in [0.25, 0.3) is 0 Å². The second kappa shape index (κ2) is 10.6. The zero-order valence-electron chi connectivity index (χ0n) is 15.3. The van der Waals surface area contributed by atoms with Crippen LogP contribution in [0.2, 0.25) is 0 Å². The summed E-state index contributed by atoms with van der Waals surface area (Å²) in [6.45, 7) is 19.7. The molecule has 0 spiro atoms. The minimum Gasteiger partial charge on any atom is -0.312 e. The highest BCUT2D eigenvalue weighted by Gasteiger charge is 2.39. The first-order valence-electron chi connectivity index (χ1n) is 9.04. The molecule has 0 aliphatic rings. The Morgan fingerprint density at radius 3 is 1.85 bits per heavy atom. The molecule has 0 saturated carbocycles. The van der Waals surface area contributed by atoms with E-state index in [0.717, 1.165) is 25.6 Å². The largest absolute Gasteiger partial charge is 0.312 e. The molecule has 0 rings (SSSR count). The van der Waals surface area contributed by atoms with Gasteiger partial charge in [0, 0.05) is 11.6 Å². The smallest absolute Gasteiger partial charge is 0.0357 e. The Hall–Kier alpha value is -0.0800. The Labute approximate surface area is 128 Å². The van der Waals surface area contributed by atoms with Crippen molar-refractivity contribution >= 4 is 0 Å². The van der Waals surface area contributed by atoms with Gasteiger partial charge in [0.25, 0.3) is 0 Å². The standard InChI is InChI=1S/C18H40N2/c1-8-14-16(7)15-17(19-11-4)18(9-2,10-3)20(12-5)13-6/h16-17,19H,8-15H2,1-7H3. The van der Waals surface area contributed by atoms with E-state index < -0.39 is 0 Å². The normalized spacial score (nSPS) is 15.6. The van der Waals surface area contributed by atoms with Crippen molar-refractivity contribution in [3.05, 3.63) is 0 Å². The summed E-state index contributed by atoms with van der Waals surface area (Å²) in [5.74, 6) is 0.817. The van der Waals surface area contributed by atoms with Crippen LogP contribution in [0.5, 0.6) is 0 Å². The predicted octanol–water partition coefficient (Wildman–Crippen LogP) is 4.69. The lowest BCUT2D eigenvalue weighted by molar-refractivity contribution is 0.0408. The minimum atomic E-state index is 0.321. The van der Waals surface area contributed by atoms with Gasteiger partial charge in [-0.2, -0.15) is 0 Å². The summed E-state index contributed by atoms with van der Waals surface area (Å²) >= 11 is 0. The highest BCUT2D eigenvalue weighted by Crippen LogP contribution is 2.32. The molecule has 0 bridgehead atoms. The maximum Gasteiger partial charge on any atom is 0.0357 e. The summed E-state index contributed by atoms with van der Waals surface area (Å²) in [6, 6.07) is 0.615. The lowest BCUT2D eigenvalue weighted by Crippen LogP contribution is -2.61. The maximum absolute atomic E-state index is 3.82. The second-order valence-electron chi connectivity index (χ2n) is 6.22. The number of nitrogens with zero attached hydrogens (tertiary/aromatic N) is 1. The van der Waals surface area contributed by atoms with Gasteiger partial charge in [-0.15, -0.1) is 0 Å². The fourth-order valence-corrected chi connectivity index (χ4v) is 4.02. The fourth-order valence-electron chi connectivity index (χ4n) is 4.02. The minimum absolute atomic E-state index is 0.321. The molecule has 0 saturated heterocycles. The number of hydrogen-bond acceptors (Lipinski definition) is 2. The van der Waals surface area contributed by atoms with Crippen LogP contribution in [0.1, 0.15) is 80.6 Å². The van der Waals surface area contributed by atoms with E-state index in [9.17, 15) is 0 Å². The van der Waals surface area contributed by atoms with Crippen molar-refractivity contribution in [1.82, 2.24) is 10.2 Å². The van der Waals surface area contributed by atoms with Gasteiger partial charge in [0.1, 0.15) is 0 Å². The van der Waals surface area contributed by atoms with Crippen molar-refractivity contribution in [1.29, 1.82) is 0 Å². The first-order valence-corrected chi connectivity index (χ1v) is 9.04. The molecule has 2 atom stereocenters. The summed E-state index contributed by atoms with van der Waals surface area (Å²) in [7, 11) is 0. The van der Waals surface area contributed by atoms with Gasteiger partial charge >= 0.3 is 0 Å². The molecule has 0 radical (unpaired) electrons. The molecule has 1 N–H and O–H groups in total. The Balaban J connectivity index is 5.20. The molecule has 2 nitrogen and oxygen atoms in total. The first kappa shape index (κ1) is 19.9. The molecule has 0 aromatic heterocycles. The lowest BCUT2D eigenvalue weighted by Gasteiger charge is -2.49. The summed E-state index contributed by atoms with van der Waals surface area (Å²) in [5.41, 5.74) is 0.321. The van der Waals surface area contributed by atoms with E-state index in [1.807, 2.05) is 0 Å². The van der Waals surface area contributed by atoms with Crippen molar-refractivity contribution in [2.45, 2.75) is 92.2 Å². The zero-order valence-corrected chi connectivity index (χ0v) is 15.3. The summed E-state index contributed by atoms with van der Waals surface area (Å²) in [6.07, 6.45) is 6.43. The van der Waals surface area contributed by atoms with Crippen molar-refractivity contribution in [2.24, 2.45) is 5.92 Å². The molecule has 0 aromatic rings. The Morgan fingerprint density at radius 2 is 1.50 bits per heavy atom. The Bertz CT molecular complexity index is 219. The molecule has 0 aromatic carbocycles. The molecule has 2 unspecified atom stereocenters. The van der Waals surface area contributed by atoms with E-state index in [4.69, 9.17) is 0 Å².